The van der Waals surface area contributed by atoms with E-state index < -0.39 is 41.5 Å². The molecule has 2 rings (SSSR count). The molecule has 2 unspecified atom stereocenters. The van der Waals surface area contributed by atoms with Crippen LogP contribution < -0.4 is 11.2 Å². The minimum Gasteiger partial charge on any atom is -0.394 e. The molecule has 19 heavy (non-hydrogen) atoms. The van der Waals surface area contributed by atoms with Gasteiger partial charge >= 0.3 is 5.69 Å². The Kier molecular flexibility index (Phi) is 3.12. The number of ether oxygens (including phenoxy) is 1. The molecule has 7 nitrogen and oxygen atoms in total. The van der Waals surface area contributed by atoms with Crippen molar-refractivity contribution in [3.05, 3.63) is 33.1 Å². The average Bonchev–Trinajstić information content (AvgIpc) is 2.47. The van der Waals surface area contributed by atoms with E-state index in [4.69, 9.17) is 9.84 Å². The summed E-state index contributed by atoms with van der Waals surface area (Å²) < 4.78 is 20.8. The van der Waals surface area contributed by atoms with Crippen LogP contribution in [0.1, 0.15) is 20.1 Å². The van der Waals surface area contributed by atoms with Gasteiger partial charge in [0.2, 0.25) is 0 Å². The number of rotatable bonds is 2. The Morgan fingerprint density at radius 3 is 2.63 bits per heavy atom. The molecule has 1 fully saturated rings. The van der Waals surface area contributed by atoms with Gasteiger partial charge in [0, 0.05) is 12.3 Å². The van der Waals surface area contributed by atoms with Gasteiger partial charge in [0.15, 0.2) is 11.9 Å². The quantitative estimate of drug-likeness (QED) is 0.635. The highest BCUT2D eigenvalue weighted by molar-refractivity contribution is 5.09. The van der Waals surface area contributed by atoms with Gasteiger partial charge in [-0.1, -0.05) is 0 Å². The normalized spacial score (nSPS) is 38.6. The lowest BCUT2D eigenvalue weighted by molar-refractivity contribution is -0.0892. The molecule has 1 aliphatic rings. The molecule has 1 aromatic rings. The summed E-state index contributed by atoms with van der Waals surface area (Å²) in [6.45, 7) is 1.66. The predicted octanol–water partition coefficient (Wildman–Crippen LogP) is -1.09. The number of halogens is 1. The Morgan fingerprint density at radius 2 is 2.16 bits per heavy atom. The molecule has 0 bridgehead atoms. The summed E-state index contributed by atoms with van der Waals surface area (Å²) in [6, 6.07) is 1.04. The first-order chi connectivity index (χ1) is 8.71. The zero-order valence-corrected chi connectivity index (χ0v) is 10.5. The minimum absolute atomic E-state index is 0.596. The van der Waals surface area contributed by atoms with Gasteiger partial charge in [-0.25, -0.2) is 9.18 Å². The lowest BCUT2D eigenvalue weighted by Gasteiger charge is -2.32. The number of aromatic amines is 1. The van der Waals surface area contributed by atoms with Crippen LogP contribution in [-0.4, -0.2) is 43.7 Å². The highest BCUT2D eigenvalue weighted by Gasteiger charge is 2.63. The molecule has 2 heterocycles. The van der Waals surface area contributed by atoms with E-state index in [9.17, 15) is 19.1 Å². The number of hydrogen-bond acceptors (Lipinski definition) is 5. The standard InChI is InChI=1S/C11H15FN2O5/c1-10(12)8(19-6(5-15)11(10,2)18)14-4-3-7(16)13-9(14)17/h3-4,6,8,15,18H,5H2,1-2H3,(H,13,16,17)/t6-,8?,10+,11?/m1/s1. The predicted molar refractivity (Wildman–Crippen MR) is 62.5 cm³/mol. The Hall–Kier alpha value is -1.51. The molecular formula is C11H15FN2O5. The van der Waals surface area contributed by atoms with Crippen LogP contribution in [0.2, 0.25) is 0 Å². The summed E-state index contributed by atoms with van der Waals surface area (Å²) in [7, 11) is 0. The van der Waals surface area contributed by atoms with Crippen molar-refractivity contribution in [1.82, 2.24) is 9.55 Å². The number of H-pyrrole nitrogens is 1. The Morgan fingerprint density at radius 1 is 1.53 bits per heavy atom. The maximum Gasteiger partial charge on any atom is 0.330 e. The molecule has 0 aliphatic carbocycles. The lowest BCUT2D eigenvalue weighted by atomic mass is 9.85. The fourth-order valence-electron chi connectivity index (χ4n) is 2.14. The van der Waals surface area contributed by atoms with Crippen molar-refractivity contribution in [1.29, 1.82) is 0 Å². The van der Waals surface area contributed by atoms with Crippen LogP contribution in [0.5, 0.6) is 0 Å². The smallest absolute Gasteiger partial charge is 0.330 e. The molecule has 106 valence electrons. The summed E-state index contributed by atoms with van der Waals surface area (Å²) in [5.41, 5.74) is -5.76. The molecule has 0 radical (unpaired) electrons. The van der Waals surface area contributed by atoms with Crippen LogP contribution in [0.4, 0.5) is 4.39 Å². The fraction of sp³-hybridized carbons (Fsp3) is 0.636. The third kappa shape index (κ3) is 1.92. The molecule has 0 saturated carbocycles. The van der Waals surface area contributed by atoms with Crippen LogP contribution in [0.25, 0.3) is 0 Å². The zero-order chi connectivity index (χ0) is 14.4. The average molecular weight is 274 g/mol. The van der Waals surface area contributed by atoms with Crippen LogP contribution in [0.15, 0.2) is 21.9 Å². The highest BCUT2D eigenvalue weighted by Crippen LogP contribution is 2.47. The maximum atomic E-state index is 14.7. The summed E-state index contributed by atoms with van der Waals surface area (Å²) in [5, 5.41) is 19.2. The van der Waals surface area contributed by atoms with Gasteiger partial charge in [0.05, 0.1) is 6.61 Å². The largest absolute Gasteiger partial charge is 0.394 e. The topological polar surface area (TPSA) is 105 Å². The van der Waals surface area contributed by atoms with E-state index in [1.54, 1.807) is 0 Å². The molecule has 0 aromatic carbocycles. The Bertz CT molecular complexity index is 591. The molecule has 0 amide bonds. The molecule has 1 saturated heterocycles. The summed E-state index contributed by atoms with van der Waals surface area (Å²) in [4.78, 5) is 24.6. The van der Waals surface area contributed by atoms with Gasteiger partial charge in [-0.15, -0.1) is 0 Å². The van der Waals surface area contributed by atoms with Crippen LogP contribution in [0, 0.1) is 0 Å². The summed E-state index contributed by atoms with van der Waals surface area (Å²) in [6.07, 6.45) is -1.53. The SMILES string of the molecule is CC1(O)[C@@H](CO)OC(n2ccc(=O)[nH]c2=O)[C@]1(C)F. The minimum atomic E-state index is -2.32. The van der Waals surface area contributed by atoms with Gasteiger partial charge in [-0.3, -0.25) is 14.3 Å². The van der Waals surface area contributed by atoms with Crippen molar-refractivity contribution >= 4 is 0 Å². The van der Waals surface area contributed by atoms with Crippen molar-refractivity contribution in [3.8, 4) is 0 Å². The van der Waals surface area contributed by atoms with Gasteiger partial charge in [0.25, 0.3) is 5.56 Å². The van der Waals surface area contributed by atoms with Crippen molar-refractivity contribution in [2.24, 2.45) is 0 Å². The van der Waals surface area contributed by atoms with Crippen molar-refractivity contribution in [3.63, 3.8) is 0 Å². The number of aliphatic hydroxyl groups is 2. The van der Waals surface area contributed by atoms with Crippen LogP contribution in [0.3, 0.4) is 0 Å². The number of aliphatic hydroxyl groups excluding tert-OH is 1. The van der Waals surface area contributed by atoms with E-state index in [1.165, 1.54) is 6.92 Å². The van der Waals surface area contributed by atoms with E-state index in [0.717, 1.165) is 23.8 Å². The number of alkyl halides is 1. The first-order valence-electron chi connectivity index (χ1n) is 5.71. The van der Waals surface area contributed by atoms with Gasteiger partial charge in [-0.2, -0.15) is 0 Å². The Labute approximate surface area is 107 Å². The third-order valence-electron chi connectivity index (χ3n) is 3.64. The molecule has 1 aliphatic heterocycles. The second kappa shape index (κ2) is 4.26. The van der Waals surface area contributed by atoms with Gasteiger partial charge < -0.3 is 14.9 Å². The summed E-state index contributed by atoms with van der Waals surface area (Å²) in [5.74, 6) is 0. The number of nitrogens with one attached hydrogen (secondary N) is 1. The molecule has 3 N–H and O–H groups in total. The van der Waals surface area contributed by atoms with E-state index in [0.29, 0.717) is 0 Å². The number of hydrogen-bond donors (Lipinski definition) is 3. The first kappa shape index (κ1) is 13.9. The second-order valence-corrected chi connectivity index (χ2v) is 4.90. The highest BCUT2D eigenvalue weighted by atomic mass is 19.1. The van der Waals surface area contributed by atoms with Crippen molar-refractivity contribution in [2.45, 2.75) is 37.4 Å². The van der Waals surface area contributed by atoms with Crippen LogP contribution >= 0.6 is 0 Å². The second-order valence-electron chi connectivity index (χ2n) is 4.90. The van der Waals surface area contributed by atoms with Crippen LogP contribution in [-0.2, 0) is 4.74 Å². The molecular weight excluding hydrogens is 259 g/mol. The fourth-order valence-corrected chi connectivity index (χ4v) is 2.14. The molecule has 1 aromatic heterocycles. The maximum absolute atomic E-state index is 14.7. The monoisotopic (exact) mass is 274 g/mol. The lowest BCUT2D eigenvalue weighted by Crippen LogP contribution is -2.52. The Balaban J connectivity index is 2.52. The first-order valence-corrected chi connectivity index (χ1v) is 5.71. The molecule has 8 heteroatoms. The van der Waals surface area contributed by atoms with Gasteiger partial charge in [-0.05, 0) is 13.8 Å². The van der Waals surface area contributed by atoms with E-state index >= 15 is 0 Å². The number of aromatic nitrogens is 2. The zero-order valence-electron chi connectivity index (χ0n) is 10.5. The summed E-state index contributed by atoms with van der Waals surface area (Å²) >= 11 is 0. The van der Waals surface area contributed by atoms with Crippen molar-refractivity contribution < 1.29 is 19.3 Å². The van der Waals surface area contributed by atoms with Crippen molar-refractivity contribution in [2.75, 3.05) is 6.61 Å². The van der Waals surface area contributed by atoms with Gasteiger partial charge in [0.1, 0.15) is 11.7 Å². The number of nitrogens with zero attached hydrogens (tertiary/aromatic N) is 1. The van der Waals surface area contributed by atoms with E-state index in [2.05, 4.69) is 0 Å². The van der Waals surface area contributed by atoms with E-state index in [1.807, 2.05) is 4.98 Å². The third-order valence-corrected chi connectivity index (χ3v) is 3.64. The molecule has 0 spiro atoms. The van der Waals surface area contributed by atoms with E-state index in [-0.39, 0.29) is 0 Å². The molecule has 4 atom stereocenters.